The Balaban J connectivity index is 1.55. The van der Waals surface area contributed by atoms with Crippen LogP contribution < -0.4 is 10.6 Å². The van der Waals surface area contributed by atoms with Gasteiger partial charge < -0.3 is 15.6 Å². The Morgan fingerprint density at radius 2 is 2.27 bits per heavy atom. The standard InChI is InChI=1S/C16H17ClN4O/c17-9-4-5-12-11(6-9)10-2-1-3-13(15(10)20-12)21-16(22)14-7-18-8-19-14/h4-8,10,13,15,20H,1-3H2,(H,18,19)(H,21,22). The van der Waals surface area contributed by atoms with Crippen LogP contribution in [0.25, 0.3) is 0 Å². The van der Waals surface area contributed by atoms with Crippen LogP contribution in [-0.4, -0.2) is 28.0 Å². The molecule has 3 N–H and O–H groups in total. The third kappa shape index (κ3) is 2.25. The summed E-state index contributed by atoms with van der Waals surface area (Å²) < 4.78 is 0. The normalized spacial score (nSPS) is 26.0. The molecule has 0 radical (unpaired) electrons. The number of hydrogen-bond acceptors (Lipinski definition) is 3. The molecule has 5 nitrogen and oxygen atoms in total. The van der Waals surface area contributed by atoms with Crippen LogP contribution in [0.2, 0.25) is 5.02 Å². The van der Waals surface area contributed by atoms with Crippen LogP contribution in [0.1, 0.15) is 41.2 Å². The predicted octanol–water partition coefficient (Wildman–Crippen LogP) is 2.92. The van der Waals surface area contributed by atoms with E-state index < -0.39 is 0 Å². The first-order valence-electron chi connectivity index (χ1n) is 7.57. The minimum Gasteiger partial charge on any atom is -0.379 e. The van der Waals surface area contributed by atoms with Crippen LogP contribution >= 0.6 is 11.6 Å². The van der Waals surface area contributed by atoms with Crippen LogP contribution in [0, 0.1) is 0 Å². The van der Waals surface area contributed by atoms with Gasteiger partial charge in [-0.15, -0.1) is 0 Å². The maximum Gasteiger partial charge on any atom is 0.269 e. The number of amides is 1. The van der Waals surface area contributed by atoms with Gasteiger partial charge in [-0.3, -0.25) is 4.79 Å². The summed E-state index contributed by atoms with van der Waals surface area (Å²) in [5.74, 6) is 0.313. The van der Waals surface area contributed by atoms with Crippen molar-refractivity contribution in [2.24, 2.45) is 0 Å². The summed E-state index contributed by atoms with van der Waals surface area (Å²) >= 11 is 6.13. The third-order valence-corrected chi connectivity index (χ3v) is 4.93. The monoisotopic (exact) mass is 316 g/mol. The molecule has 22 heavy (non-hydrogen) atoms. The van der Waals surface area contributed by atoms with Gasteiger partial charge in [-0.1, -0.05) is 18.0 Å². The number of H-pyrrole nitrogens is 1. The van der Waals surface area contributed by atoms with Crippen molar-refractivity contribution in [2.45, 2.75) is 37.3 Å². The molecular weight excluding hydrogens is 300 g/mol. The van der Waals surface area contributed by atoms with Gasteiger partial charge in [-0.25, -0.2) is 4.98 Å². The molecule has 2 heterocycles. The van der Waals surface area contributed by atoms with E-state index in [4.69, 9.17) is 11.6 Å². The second-order valence-corrected chi connectivity index (χ2v) is 6.42. The van der Waals surface area contributed by atoms with Gasteiger partial charge in [0.25, 0.3) is 5.91 Å². The Kier molecular flexibility index (Phi) is 3.30. The molecule has 114 valence electrons. The molecular formula is C16H17ClN4O. The molecule has 1 aromatic carbocycles. The van der Waals surface area contributed by atoms with Gasteiger partial charge in [0.1, 0.15) is 5.69 Å². The number of aromatic nitrogens is 2. The van der Waals surface area contributed by atoms with E-state index in [-0.39, 0.29) is 18.0 Å². The molecule has 0 bridgehead atoms. The Hall–Kier alpha value is -2.01. The smallest absolute Gasteiger partial charge is 0.269 e. The first-order valence-corrected chi connectivity index (χ1v) is 7.95. The first-order chi connectivity index (χ1) is 10.7. The summed E-state index contributed by atoms with van der Waals surface area (Å²) in [7, 11) is 0. The van der Waals surface area contributed by atoms with Crippen molar-refractivity contribution in [1.82, 2.24) is 15.3 Å². The van der Waals surface area contributed by atoms with Crippen molar-refractivity contribution in [3.8, 4) is 0 Å². The SMILES string of the molecule is O=C(NC1CCCC2c3cc(Cl)ccc3NC12)c1cnc[nH]1. The molecule has 3 unspecified atom stereocenters. The number of hydrogen-bond donors (Lipinski definition) is 3. The Bertz CT molecular complexity index is 700. The number of aromatic amines is 1. The van der Waals surface area contributed by atoms with Gasteiger partial charge in [0.15, 0.2) is 0 Å². The van der Waals surface area contributed by atoms with Crippen molar-refractivity contribution >= 4 is 23.2 Å². The van der Waals surface area contributed by atoms with Crippen LogP contribution in [0.5, 0.6) is 0 Å². The molecule has 2 aromatic rings. The fourth-order valence-electron chi connectivity index (χ4n) is 3.69. The van der Waals surface area contributed by atoms with Crippen molar-refractivity contribution < 1.29 is 4.79 Å². The number of carbonyl (C=O) groups is 1. The predicted molar refractivity (Wildman–Crippen MR) is 85.3 cm³/mol. The molecule has 4 rings (SSSR count). The van der Waals surface area contributed by atoms with Crippen LogP contribution in [0.4, 0.5) is 5.69 Å². The maximum absolute atomic E-state index is 12.3. The number of anilines is 1. The lowest BCUT2D eigenvalue weighted by molar-refractivity contribution is 0.0917. The average Bonchev–Trinajstić information content (AvgIpc) is 3.15. The summed E-state index contributed by atoms with van der Waals surface area (Å²) in [6.45, 7) is 0. The molecule has 6 heteroatoms. The van der Waals surface area contributed by atoms with E-state index in [2.05, 4.69) is 20.6 Å². The second kappa shape index (κ2) is 5.32. The maximum atomic E-state index is 12.3. The van der Waals surface area contributed by atoms with Gasteiger partial charge in [-0.05, 0) is 36.6 Å². The number of imidazole rings is 1. The quantitative estimate of drug-likeness (QED) is 0.798. The van der Waals surface area contributed by atoms with E-state index in [1.807, 2.05) is 18.2 Å². The molecule has 0 saturated heterocycles. The molecule has 1 aromatic heterocycles. The lowest BCUT2D eigenvalue weighted by Gasteiger charge is -2.34. The minimum absolute atomic E-state index is 0.0982. The third-order valence-electron chi connectivity index (χ3n) is 4.69. The molecule has 3 atom stereocenters. The Morgan fingerprint density at radius 3 is 3.09 bits per heavy atom. The summed E-state index contributed by atoms with van der Waals surface area (Å²) in [5, 5.41) is 7.47. The molecule has 1 saturated carbocycles. The zero-order valence-electron chi connectivity index (χ0n) is 12.0. The largest absolute Gasteiger partial charge is 0.379 e. The number of carbonyl (C=O) groups excluding carboxylic acids is 1. The topological polar surface area (TPSA) is 69.8 Å². The van der Waals surface area contributed by atoms with Gasteiger partial charge in [0, 0.05) is 22.7 Å². The van der Waals surface area contributed by atoms with E-state index >= 15 is 0 Å². The van der Waals surface area contributed by atoms with Gasteiger partial charge in [0.05, 0.1) is 18.6 Å². The molecule has 0 spiro atoms. The molecule has 1 aliphatic carbocycles. The summed E-state index contributed by atoms with van der Waals surface area (Å²) in [4.78, 5) is 19.0. The fourth-order valence-corrected chi connectivity index (χ4v) is 3.87. The molecule has 1 fully saturated rings. The number of fused-ring (bicyclic) bond motifs is 3. The highest BCUT2D eigenvalue weighted by Gasteiger charge is 2.40. The van der Waals surface area contributed by atoms with Crippen molar-refractivity contribution in [3.05, 3.63) is 47.0 Å². The molecule has 1 amide bonds. The van der Waals surface area contributed by atoms with E-state index in [0.717, 1.165) is 30.0 Å². The van der Waals surface area contributed by atoms with Crippen LogP contribution in [0.3, 0.4) is 0 Å². The summed E-state index contributed by atoms with van der Waals surface area (Å²) in [6.07, 6.45) is 6.27. The Labute approximate surface area is 133 Å². The second-order valence-electron chi connectivity index (χ2n) is 5.98. The van der Waals surface area contributed by atoms with Crippen LogP contribution in [-0.2, 0) is 0 Å². The first kappa shape index (κ1) is 13.6. The highest BCUT2D eigenvalue weighted by atomic mass is 35.5. The molecule has 1 aliphatic heterocycles. The highest BCUT2D eigenvalue weighted by molar-refractivity contribution is 6.30. The number of halogens is 1. The summed E-state index contributed by atoms with van der Waals surface area (Å²) in [6, 6.07) is 6.33. The highest BCUT2D eigenvalue weighted by Crippen LogP contribution is 2.44. The Morgan fingerprint density at radius 1 is 1.36 bits per heavy atom. The van der Waals surface area contributed by atoms with Gasteiger partial charge in [0.2, 0.25) is 0 Å². The van der Waals surface area contributed by atoms with Crippen LogP contribution in [0.15, 0.2) is 30.7 Å². The van der Waals surface area contributed by atoms with Crippen molar-refractivity contribution in [1.29, 1.82) is 0 Å². The van der Waals surface area contributed by atoms with E-state index in [1.165, 1.54) is 11.9 Å². The lowest BCUT2D eigenvalue weighted by atomic mass is 9.79. The lowest BCUT2D eigenvalue weighted by Crippen LogP contribution is -2.49. The number of rotatable bonds is 2. The number of nitrogens with zero attached hydrogens (tertiary/aromatic N) is 1. The minimum atomic E-state index is -0.0982. The number of nitrogens with one attached hydrogen (secondary N) is 3. The van der Waals surface area contributed by atoms with E-state index in [1.54, 1.807) is 6.20 Å². The average molecular weight is 317 g/mol. The fraction of sp³-hybridized carbons (Fsp3) is 0.375. The van der Waals surface area contributed by atoms with E-state index in [0.29, 0.717) is 11.6 Å². The zero-order chi connectivity index (χ0) is 15.1. The van der Waals surface area contributed by atoms with Crippen molar-refractivity contribution in [3.63, 3.8) is 0 Å². The van der Waals surface area contributed by atoms with Crippen molar-refractivity contribution in [2.75, 3.05) is 5.32 Å². The van der Waals surface area contributed by atoms with E-state index in [9.17, 15) is 4.79 Å². The number of benzene rings is 1. The van der Waals surface area contributed by atoms with Gasteiger partial charge >= 0.3 is 0 Å². The van der Waals surface area contributed by atoms with Gasteiger partial charge in [-0.2, -0.15) is 0 Å². The summed E-state index contributed by atoms with van der Waals surface area (Å²) in [5.41, 5.74) is 2.92. The zero-order valence-corrected chi connectivity index (χ0v) is 12.7. The molecule has 2 aliphatic rings.